The number of thiophene rings is 1. The third-order valence-corrected chi connectivity index (χ3v) is 4.75. The van der Waals surface area contributed by atoms with E-state index in [2.05, 4.69) is 6.92 Å². The molecule has 1 aliphatic heterocycles. The number of carboxylic acids is 1. The molecule has 2 rings (SSSR count). The van der Waals surface area contributed by atoms with E-state index in [-0.39, 0.29) is 5.91 Å². The van der Waals surface area contributed by atoms with Crippen molar-refractivity contribution in [2.24, 2.45) is 0 Å². The Balaban J connectivity index is 1.82. The Hall–Kier alpha value is -1.36. The van der Waals surface area contributed by atoms with Gasteiger partial charge in [-0.25, -0.2) is 4.79 Å². The molecule has 104 valence electrons. The minimum atomic E-state index is -0.864. The van der Waals surface area contributed by atoms with Crippen LogP contribution >= 0.6 is 11.3 Å². The summed E-state index contributed by atoms with van der Waals surface area (Å²) in [5.74, 6) is -0.596. The van der Waals surface area contributed by atoms with Gasteiger partial charge in [0.05, 0.1) is 0 Å². The second kappa shape index (κ2) is 6.19. The van der Waals surface area contributed by atoms with Gasteiger partial charge in [0.25, 0.3) is 0 Å². The van der Waals surface area contributed by atoms with Crippen LogP contribution in [0.25, 0.3) is 0 Å². The summed E-state index contributed by atoms with van der Waals surface area (Å²) in [6.07, 6.45) is 4.44. The highest BCUT2D eigenvalue weighted by atomic mass is 32.1. The van der Waals surface area contributed by atoms with Gasteiger partial charge < -0.3 is 10.0 Å². The van der Waals surface area contributed by atoms with Gasteiger partial charge in [0, 0.05) is 23.9 Å². The van der Waals surface area contributed by atoms with E-state index in [0.29, 0.717) is 17.3 Å². The van der Waals surface area contributed by atoms with Gasteiger partial charge in [-0.3, -0.25) is 4.79 Å². The predicted octanol–water partition coefficient (Wildman–Crippen LogP) is 2.78. The molecule has 0 saturated carbocycles. The Labute approximate surface area is 117 Å². The van der Waals surface area contributed by atoms with Crippen molar-refractivity contribution < 1.29 is 14.7 Å². The number of hydrogen-bond acceptors (Lipinski definition) is 3. The largest absolute Gasteiger partial charge is 0.477 e. The highest BCUT2D eigenvalue weighted by Gasteiger charge is 2.28. The lowest BCUT2D eigenvalue weighted by Gasteiger charge is -2.23. The lowest BCUT2D eigenvalue weighted by molar-refractivity contribution is -0.129. The summed E-state index contributed by atoms with van der Waals surface area (Å²) in [6, 6.07) is 3.93. The van der Waals surface area contributed by atoms with E-state index in [0.717, 1.165) is 37.1 Å². The van der Waals surface area contributed by atoms with Crippen LogP contribution in [-0.2, 0) is 11.2 Å². The van der Waals surface area contributed by atoms with Crippen molar-refractivity contribution in [2.45, 2.75) is 45.1 Å². The molecule has 0 aromatic carbocycles. The number of aryl methyl sites for hydroxylation is 1. The molecule has 1 aromatic heterocycles. The SMILES string of the molecule is CCC1CCC(=O)N1CCCc1ccc(C(=O)O)s1. The Kier molecular flexibility index (Phi) is 4.58. The monoisotopic (exact) mass is 281 g/mol. The number of amides is 1. The van der Waals surface area contributed by atoms with Gasteiger partial charge in [-0.05, 0) is 37.8 Å². The van der Waals surface area contributed by atoms with Crippen LogP contribution in [0.3, 0.4) is 0 Å². The number of carbonyl (C=O) groups excluding carboxylic acids is 1. The van der Waals surface area contributed by atoms with Gasteiger partial charge >= 0.3 is 5.97 Å². The molecule has 1 amide bonds. The normalized spacial score (nSPS) is 19.1. The van der Waals surface area contributed by atoms with Crippen molar-refractivity contribution in [3.05, 3.63) is 21.9 Å². The van der Waals surface area contributed by atoms with Gasteiger partial charge in [-0.15, -0.1) is 11.3 Å². The number of carbonyl (C=O) groups is 2. The van der Waals surface area contributed by atoms with Crippen LogP contribution in [0.2, 0.25) is 0 Å². The van der Waals surface area contributed by atoms with E-state index >= 15 is 0 Å². The first-order valence-electron chi connectivity index (χ1n) is 6.73. The van der Waals surface area contributed by atoms with E-state index in [1.54, 1.807) is 6.07 Å². The molecule has 1 fully saturated rings. The third kappa shape index (κ3) is 3.35. The van der Waals surface area contributed by atoms with Crippen molar-refractivity contribution in [3.63, 3.8) is 0 Å². The molecule has 1 atom stereocenters. The molecule has 1 unspecified atom stereocenters. The molecule has 0 aliphatic carbocycles. The van der Waals surface area contributed by atoms with Gasteiger partial charge in [-0.1, -0.05) is 6.92 Å². The lowest BCUT2D eigenvalue weighted by atomic mass is 10.1. The Morgan fingerprint density at radius 2 is 2.32 bits per heavy atom. The average Bonchev–Trinajstić information content (AvgIpc) is 2.98. The zero-order chi connectivity index (χ0) is 13.8. The first-order chi connectivity index (χ1) is 9.11. The smallest absolute Gasteiger partial charge is 0.345 e. The molecule has 1 aliphatic rings. The molecule has 1 aromatic rings. The summed E-state index contributed by atoms with van der Waals surface area (Å²) >= 11 is 1.33. The quantitative estimate of drug-likeness (QED) is 0.872. The van der Waals surface area contributed by atoms with Gasteiger partial charge in [0.1, 0.15) is 4.88 Å². The van der Waals surface area contributed by atoms with E-state index in [1.165, 1.54) is 11.3 Å². The second-order valence-corrected chi connectivity index (χ2v) is 6.03. The Morgan fingerprint density at radius 3 is 2.95 bits per heavy atom. The summed E-state index contributed by atoms with van der Waals surface area (Å²) in [7, 11) is 0. The van der Waals surface area contributed by atoms with Crippen molar-refractivity contribution >= 4 is 23.2 Å². The minimum Gasteiger partial charge on any atom is -0.477 e. The Bertz CT molecular complexity index is 469. The van der Waals surface area contributed by atoms with Crippen molar-refractivity contribution in [3.8, 4) is 0 Å². The number of hydrogen-bond donors (Lipinski definition) is 1. The standard InChI is InChI=1S/C14H19NO3S/c1-2-10-5-8-13(16)15(10)9-3-4-11-6-7-12(19-11)14(17)18/h6-7,10H,2-5,8-9H2,1H3,(H,17,18). The number of aromatic carboxylic acids is 1. The molecule has 4 nitrogen and oxygen atoms in total. The van der Waals surface area contributed by atoms with E-state index in [4.69, 9.17) is 5.11 Å². The van der Waals surface area contributed by atoms with Gasteiger partial charge in [0.15, 0.2) is 0 Å². The van der Waals surface area contributed by atoms with Crippen LogP contribution in [0.4, 0.5) is 0 Å². The average molecular weight is 281 g/mol. The summed E-state index contributed by atoms with van der Waals surface area (Å²) in [5.41, 5.74) is 0. The molecular weight excluding hydrogens is 262 g/mol. The molecule has 19 heavy (non-hydrogen) atoms. The fourth-order valence-corrected chi connectivity index (χ4v) is 3.46. The molecular formula is C14H19NO3S. The number of rotatable bonds is 6. The summed E-state index contributed by atoms with van der Waals surface area (Å²) in [5, 5.41) is 8.86. The fourth-order valence-electron chi connectivity index (χ4n) is 2.58. The van der Waals surface area contributed by atoms with Crippen molar-refractivity contribution in [1.29, 1.82) is 0 Å². The fraction of sp³-hybridized carbons (Fsp3) is 0.571. The summed E-state index contributed by atoms with van der Waals surface area (Å²) < 4.78 is 0. The van der Waals surface area contributed by atoms with Crippen LogP contribution < -0.4 is 0 Å². The van der Waals surface area contributed by atoms with Crippen LogP contribution in [0, 0.1) is 0 Å². The maximum absolute atomic E-state index is 11.7. The molecule has 0 radical (unpaired) electrons. The van der Waals surface area contributed by atoms with Crippen molar-refractivity contribution in [2.75, 3.05) is 6.54 Å². The zero-order valence-electron chi connectivity index (χ0n) is 11.1. The Morgan fingerprint density at radius 1 is 1.53 bits per heavy atom. The second-order valence-electron chi connectivity index (χ2n) is 4.86. The van der Waals surface area contributed by atoms with Crippen LogP contribution in [0.5, 0.6) is 0 Å². The maximum Gasteiger partial charge on any atom is 0.345 e. The van der Waals surface area contributed by atoms with Crippen molar-refractivity contribution in [1.82, 2.24) is 4.90 Å². The van der Waals surface area contributed by atoms with E-state index in [1.807, 2.05) is 11.0 Å². The van der Waals surface area contributed by atoms with Gasteiger partial charge in [0.2, 0.25) is 5.91 Å². The number of carboxylic acid groups (broad SMARTS) is 1. The molecule has 0 bridgehead atoms. The predicted molar refractivity (Wildman–Crippen MR) is 74.6 cm³/mol. The molecule has 1 N–H and O–H groups in total. The highest BCUT2D eigenvalue weighted by molar-refractivity contribution is 7.13. The summed E-state index contributed by atoms with van der Waals surface area (Å²) in [6.45, 7) is 2.91. The van der Waals surface area contributed by atoms with Crippen LogP contribution in [0.1, 0.15) is 47.2 Å². The summed E-state index contributed by atoms with van der Waals surface area (Å²) in [4.78, 5) is 26.0. The third-order valence-electron chi connectivity index (χ3n) is 3.62. The van der Waals surface area contributed by atoms with Crippen LogP contribution in [-0.4, -0.2) is 34.5 Å². The highest BCUT2D eigenvalue weighted by Crippen LogP contribution is 2.23. The topological polar surface area (TPSA) is 57.6 Å². The molecule has 5 heteroatoms. The first kappa shape index (κ1) is 14.1. The first-order valence-corrected chi connectivity index (χ1v) is 7.55. The molecule has 1 saturated heterocycles. The minimum absolute atomic E-state index is 0.268. The lowest BCUT2D eigenvalue weighted by Crippen LogP contribution is -2.33. The van der Waals surface area contributed by atoms with Crippen LogP contribution in [0.15, 0.2) is 12.1 Å². The molecule has 2 heterocycles. The van der Waals surface area contributed by atoms with E-state index in [9.17, 15) is 9.59 Å². The maximum atomic E-state index is 11.7. The van der Waals surface area contributed by atoms with Gasteiger partial charge in [-0.2, -0.15) is 0 Å². The van der Waals surface area contributed by atoms with E-state index < -0.39 is 5.97 Å². The molecule has 0 spiro atoms. The number of nitrogens with zero attached hydrogens (tertiary/aromatic N) is 1. The zero-order valence-corrected chi connectivity index (χ0v) is 11.9. The number of likely N-dealkylation sites (tertiary alicyclic amines) is 1.